The van der Waals surface area contributed by atoms with E-state index in [4.69, 9.17) is 4.98 Å². The van der Waals surface area contributed by atoms with Crippen LogP contribution in [0.5, 0.6) is 0 Å². The Labute approximate surface area is 201 Å². The van der Waals surface area contributed by atoms with E-state index in [1.54, 1.807) is 48.7 Å². The van der Waals surface area contributed by atoms with Crippen molar-refractivity contribution in [3.63, 3.8) is 0 Å². The summed E-state index contributed by atoms with van der Waals surface area (Å²) in [4.78, 5) is 19.5. The number of benzene rings is 2. The van der Waals surface area contributed by atoms with E-state index >= 15 is 0 Å². The molecule has 0 saturated carbocycles. The van der Waals surface area contributed by atoms with Gasteiger partial charge in [-0.1, -0.05) is 12.1 Å². The van der Waals surface area contributed by atoms with Crippen molar-refractivity contribution in [2.75, 3.05) is 5.32 Å². The van der Waals surface area contributed by atoms with Gasteiger partial charge in [-0.25, -0.2) is 13.4 Å². The van der Waals surface area contributed by atoms with Crippen molar-refractivity contribution < 1.29 is 13.2 Å². The van der Waals surface area contributed by atoms with Crippen LogP contribution in [0.25, 0.3) is 20.8 Å². The first-order valence-electron chi connectivity index (χ1n) is 11.0. The molecule has 0 spiro atoms. The van der Waals surface area contributed by atoms with E-state index in [2.05, 4.69) is 11.4 Å². The van der Waals surface area contributed by atoms with E-state index in [1.165, 1.54) is 22.6 Å². The maximum atomic E-state index is 13.1. The third-order valence-electron chi connectivity index (χ3n) is 5.97. The fraction of sp³-hybridized carbons (Fsp3) is 0.280. The van der Waals surface area contributed by atoms with Gasteiger partial charge in [0.2, 0.25) is 0 Å². The summed E-state index contributed by atoms with van der Waals surface area (Å²) >= 11 is 3.29. The van der Waals surface area contributed by atoms with Crippen molar-refractivity contribution >= 4 is 53.6 Å². The van der Waals surface area contributed by atoms with Gasteiger partial charge in [0.1, 0.15) is 10.0 Å². The maximum Gasteiger partial charge on any atom is 0.256 e. The van der Waals surface area contributed by atoms with Gasteiger partial charge in [0.05, 0.1) is 20.4 Å². The Morgan fingerprint density at radius 1 is 1.00 bits per heavy atom. The number of carbonyl (C=O) groups is 1. The quantitative estimate of drug-likeness (QED) is 0.350. The molecule has 5 nitrogen and oxygen atoms in total. The molecule has 0 fully saturated rings. The van der Waals surface area contributed by atoms with Gasteiger partial charge in [0.25, 0.3) is 5.91 Å². The van der Waals surface area contributed by atoms with Crippen LogP contribution in [0, 0.1) is 0 Å². The highest BCUT2D eigenvalue weighted by atomic mass is 32.2. The van der Waals surface area contributed by atoms with E-state index in [-0.39, 0.29) is 10.8 Å². The molecule has 4 aromatic rings. The number of carbonyl (C=O) groups excluding carboxylic acids is 1. The van der Waals surface area contributed by atoms with Gasteiger partial charge in [-0.05, 0) is 81.5 Å². The SMILES string of the molecule is CC(C)S(=O)(=O)c1ccc(C(=O)Nc2sc3c(c2-c2nc4ccccc4s2)CCCC3)cc1. The van der Waals surface area contributed by atoms with Crippen LogP contribution in [0.15, 0.2) is 53.4 Å². The van der Waals surface area contributed by atoms with E-state index in [0.717, 1.165) is 51.5 Å². The summed E-state index contributed by atoms with van der Waals surface area (Å²) in [6.45, 7) is 3.30. The van der Waals surface area contributed by atoms with Crippen molar-refractivity contribution in [2.45, 2.75) is 49.7 Å². The summed E-state index contributed by atoms with van der Waals surface area (Å²) in [5.41, 5.74) is 3.74. The molecule has 1 amide bonds. The highest BCUT2D eigenvalue weighted by molar-refractivity contribution is 7.92. The van der Waals surface area contributed by atoms with Crippen LogP contribution >= 0.6 is 22.7 Å². The zero-order chi connectivity index (χ0) is 23.2. The van der Waals surface area contributed by atoms with Gasteiger partial charge >= 0.3 is 0 Å². The van der Waals surface area contributed by atoms with Crippen LogP contribution in [0.1, 0.15) is 47.5 Å². The predicted molar refractivity (Wildman–Crippen MR) is 136 cm³/mol. The number of para-hydroxylation sites is 1. The first-order chi connectivity index (χ1) is 15.8. The molecule has 0 atom stereocenters. The second kappa shape index (κ2) is 8.66. The average molecular weight is 497 g/mol. The zero-order valence-corrected chi connectivity index (χ0v) is 20.9. The van der Waals surface area contributed by atoms with Crippen LogP contribution in [0.4, 0.5) is 5.00 Å². The Morgan fingerprint density at radius 3 is 2.45 bits per heavy atom. The lowest BCUT2D eigenvalue weighted by atomic mass is 9.95. The first-order valence-corrected chi connectivity index (χ1v) is 14.2. The minimum absolute atomic E-state index is 0.232. The van der Waals surface area contributed by atoms with Crippen molar-refractivity contribution in [3.05, 3.63) is 64.5 Å². The number of aromatic nitrogens is 1. The predicted octanol–water partition coefficient (Wildman–Crippen LogP) is 6.34. The molecule has 2 aromatic carbocycles. The number of hydrogen-bond acceptors (Lipinski definition) is 6. The highest BCUT2D eigenvalue weighted by Gasteiger charge is 2.26. The maximum absolute atomic E-state index is 13.1. The van der Waals surface area contributed by atoms with Crippen LogP contribution in [-0.2, 0) is 22.7 Å². The average Bonchev–Trinajstić information content (AvgIpc) is 3.39. The minimum atomic E-state index is -3.37. The molecule has 0 bridgehead atoms. The van der Waals surface area contributed by atoms with Gasteiger partial charge in [0.15, 0.2) is 9.84 Å². The van der Waals surface area contributed by atoms with Gasteiger partial charge in [-0.2, -0.15) is 0 Å². The number of fused-ring (bicyclic) bond motifs is 2. The number of nitrogens with zero attached hydrogens (tertiary/aromatic N) is 1. The zero-order valence-electron chi connectivity index (χ0n) is 18.4. The number of thiazole rings is 1. The molecule has 170 valence electrons. The molecule has 33 heavy (non-hydrogen) atoms. The second-order valence-electron chi connectivity index (χ2n) is 8.47. The third kappa shape index (κ3) is 4.11. The number of aryl methyl sites for hydroxylation is 1. The first kappa shape index (κ1) is 22.3. The number of thiophene rings is 1. The van der Waals surface area contributed by atoms with Crippen LogP contribution in [0.2, 0.25) is 0 Å². The molecule has 0 aliphatic heterocycles. The minimum Gasteiger partial charge on any atom is -0.313 e. The van der Waals surface area contributed by atoms with Crippen molar-refractivity contribution in [2.24, 2.45) is 0 Å². The summed E-state index contributed by atoms with van der Waals surface area (Å²) in [7, 11) is -3.37. The van der Waals surface area contributed by atoms with Crippen molar-refractivity contribution in [3.8, 4) is 10.6 Å². The number of sulfone groups is 1. The fourth-order valence-electron chi connectivity index (χ4n) is 4.10. The summed E-state index contributed by atoms with van der Waals surface area (Å²) < 4.78 is 25.9. The molecule has 2 heterocycles. The van der Waals surface area contributed by atoms with E-state index < -0.39 is 15.1 Å². The number of rotatable bonds is 5. The molecule has 0 radical (unpaired) electrons. The van der Waals surface area contributed by atoms with Gasteiger partial charge in [-0.3, -0.25) is 4.79 Å². The molecule has 2 aromatic heterocycles. The van der Waals surface area contributed by atoms with Gasteiger partial charge < -0.3 is 5.32 Å². The Hall–Kier alpha value is -2.55. The summed E-state index contributed by atoms with van der Waals surface area (Å²) in [5, 5.41) is 4.35. The van der Waals surface area contributed by atoms with Crippen molar-refractivity contribution in [1.29, 1.82) is 0 Å². The lowest BCUT2D eigenvalue weighted by Crippen LogP contribution is -2.15. The smallest absolute Gasteiger partial charge is 0.256 e. The number of nitrogens with one attached hydrogen (secondary N) is 1. The second-order valence-corrected chi connectivity index (χ2v) is 13.1. The lowest BCUT2D eigenvalue weighted by Gasteiger charge is -2.12. The summed E-state index contributed by atoms with van der Waals surface area (Å²) in [6, 6.07) is 14.3. The Balaban J connectivity index is 1.50. The summed E-state index contributed by atoms with van der Waals surface area (Å²) in [6.07, 6.45) is 4.32. The number of amides is 1. The van der Waals surface area contributed by atoms with Crippen LogP contribution in [-0.4, -0.2) is 24.6 Å². The van der Waals surface area contributed by atoms with Crippen LogP contribution < -0.4 is 5.32 Å². The molecule has 5 rings (SSSR count). The Bertz CT molecular complexity index is 1420. The van der Waals surface area contributed by atoms with Gasteiger partial charge in [0, 0.05) is 16.0 Å². The Morgan fingerprint density at radius 2 is 1.73 bits per heavy atom. The molecular formula is C25H24N2O3S3. The lowest BCUT2D eigenvalue weighted by molar-refractivity contribution is 0.102. The van der Waals surface area contributed by atoms with Crippen molar-refractivity contribution in [1.82, 2.24) is 4.98 Å². The van der Waals surface area contributed by atoms with Gasteiger partial charge in [-0.15, -0.1) is 22.7 Å². The highest BCUT2D eigenvalue weighted by Crippen LogP contribution is 2.46. The fourth-order valence-corrected chi connectivity index (χ4v) is 7.56. The Kier molecular flexibility index (Phi) is 5.84. The molecular weight excluding hydrogens is 472 g/mol. The third-order valence-corrected chi connectivity index (χ3v) is 10.4. The molecule has 1 aliphatic rings. The van der Waals surface area contributed by atoms with E-state index in [9.17, 15) is 13.2 Å². The monoisotopic (exact) mass is 496 g/mol. The molecule has 8 heteroatoms. The van der Waals surface area contributed by atoms with E-state index in [0.29, 0.717) is 5.56 Å². The molecule has 1 aliphatic carbocycles. The molecule has 0 saturated heterocycles. The van der Waals surface area contributed by atoms with E-state index in [1.807, 2.05) is 18.2 Å². The molecule has 1 N–H and O–H groups in total. The number of hydrogen-bond donors (Lipinski definition) is 1. The van der Waals surface area contributed by atoms with Crippen LogP contribution in [0.3, 0.4) is 0 Å². The number of anilines is 1. The topological polar surface area (TPSA) is 76.1 Å². The summed E-state index contributed by atoms with van der Waals surface area (Å²) in [5.74, 6) is -0.246. The standard InChI is InChI=1S/C25H24N2O3S3/c1-15(2)33(29,30)17-13-11-16(12-14-17)23(28)27-25-22(18-7-3-5-9-20(18)31-25)24-26-19-8-4-6-10-21(19)32-24/h4,6,8,10-15H,3,5,7,9H2,1-2H3,(H,27,28). The largest absolute Gasteiger partial charge is 0.313 e. The normalized spacial score (nSPS) is 13.9. The molecule has 0 unspecified atom stereocenters.